The first kappa shape index (κ1) is 70.3. The van der Waals surface area contributed by atoms with Crippen LogP contribution in [0.2, 0.25) is 0 Å². The van der Waals surface area contributed by atoms with Crippen LogP contribution in [0.5, 0.6) is 0 Å². The van der Waals surface area contributed by atoms with Gasteiger partial charge in [-0.05, 0) is 240 Å². The lowest BCUT2D eigenvalue weighted by Crippen LogP contribution is -2.09. The molecule has 2 heterocycles. The Morgan fingerprint density at radius 3 is 0.728 bits per heavy atom. The predicted octanol–water partition coefficient (Wildman–Crippen LogP) is 31.2. The van der Waals surface area contributed by atoms with E-state index in [2.05, 4.69) is 444 Å². The third-order valence-corrected chi connectivity index (χ3v) is 22.9. The quantitative estimate of drug-likeness (QED) is 0.0594. The number of benzene rings is 17. The Morgan fingerprint density at radius 2 is 0.421 bits per heavy atom. The Kier molecular flexibility index (Phi) is 19.6. The second-order valence-corrected chi connectivity index (χ2v) is 29.9. The van der Waals surface area contributed by atoms with E-state index in [1.165, 1.54) is 120 Å². The Bertz CT molecular complexity index is 6360. The van der Waals surface area contributed by atoms with Gasteiger partial charge in [-0.2, -0.15) is 0 Å². The zero-order valence-corrected chi connectivity index (χ0v) is 64.1. The monoisotopic (exact) mass is 1460 g/mol. The predicted molar refractivity (Wildman–Crippen MR) is 485 cm³/mol. The highest BCUT2D eigenvalue weighted by atomic mass is 15.1. The zero-order valence-electron chi connectivity index (χ0n) is 64.1. The fourth-order valence-electron chi connectivity index (χ4n) is 17.5. The minimum absolute atomic E-state index is 0.969. The van der Waals surface area contributed by atoms with Gasteiger partial charge in [0.25, 0.3) is 0 Å². The van der Waals surface area contributed by atoms with Crippen LogP contribution in [0, 0.1) is 0 Å². The standard InChI is InChI=1S/C110H86N4/c1-2-3-4-5-6-34-73-111-101-69-59-86(78-53-63-94(64-54-78)112(90-45-26-12-27-46-90)91-47-28-13-29-48-91)74-97(101)98-76-88(60-70-102(98)111)89-62-72-104-100(77-89)99-75-87(79-55-65-95(66-56-79)113(92-49-30-14-31-50-92)93-51-32-15-33-52-93)61-71-103(99)114(104)96-67-57-85(58-68-96)110-108(83-41-22-10-23-42-83)106(81-37-18-8-19-38-81)105(80-35-16-7-17-36-80)107(82-39-20-9-21-40-82)109(110)84-43-24-11-25-44-84/h7-33,35-72,74-77H,2-6,34,73H2,1H3. The van der Waals surface area contributed by atoms with Gasteiger partial charge in [0, 0.05) is 78.9 Å². The molecule has 0 amide bonds. The van der Waals surface area contributed by atoms with Crippen molar-refractivity contribution < 1.29 is 0 Å². The molecule has 4 nitrogen and oxygen atoms in total. The van der Waals surface area contributed by atoms with Crippen molar-refractivity contribution in [2.75, 3.05) is 9.80 Å². The molecule has 0 aliphatic heterocycles. The van der Waals surface area contributed by atoms with Gasteiger partial charge in [-0.15, -0.1) is 0 Å². The summed E-state index contributed by atoms with van der Waals surface area (Å²) in [7, 11) is 0. The smallest absolute Gasteiger partial charge is 0.0541 e. The van der Waals surface area contributed by atoms with Crippen molar-refractivity contribution >= 4 is 77.7 Å². The number of fused-ring (bicyclic) bond motifs is 6. The van der Waals surface area contributed by atoms with Gasteiger partial charge in [-0.3, -0.25) is 0 Å². The van der Waals surface area contributed by atoms with E-state index in [1.54, 1.807) is 0 Å². The van der Waals surface area contributed by atoms with Crippen LogP contribution in [-0.4, -0.2) is 9.13 Å². The lowest BCUT2D eigenvalue weighted by molar-refractivity contribution is 0.571. The van der Waals surface area contributed by atoms with Crippen molar-refractivity contribution in [3.05, 3.63) is 419 Å². The van der Waals surface area contributed by atoms with E-state index in [-0.39, 0.29) is 0 Å². The van der Waals surface area contributed by atoms with Crippen molar-refractivity contribution in [1.82, 2.24) is 9.13 Å². The van der Waals surface area contributed by atoms with Crippen LogP contribution < -0.4 is 9.80 Å². The van der Waals surface area contributed by atoms with Gasteiger partial charge in [-0.25, -0.2) is 0 Å². The highest BCUT2D eigenvalue weighted by molar-refractivity contribution is 6.17. The molecule has 17 aromatic carbocycles. The molecule has 0 bridgehead atoms. The Morgan fingerprint density at radius 1 is 0.193 bits per heavy atom. The average Bonchev–Trinajstić information content (AvgIpc) is 1.26. The fourth-order valence-corrected chi connectivity index (χ4v) is 17.5. The lowest BCUT2D eigenvalue weighted by atomic mass is 9.74. The van der Waals surface area contributed by atoms with Gasteiger partial charge in [-0.1, -0.05) is 324 Å². The molecular formula is C110H86N4. The van der Waals surface area contributed by atoms with Gasteiger partial charge in [0.15, 0.2) is 0 Å². The molecule has 546 valence electrons. The molecule has 0 fully saturated rings. The molecule has 0 spiro atoms. The Hall–Kier alpha value is -14.1. The molecule has 4 heteroatoms. The highest BCUT2D eigenvalue weighted by Gasteiger charge is 2.30. The number of hydrogen-bond donors (Lipinski definition) is 0. The molecule has 0 aliphatic rings. The van der Waals surface area contributed by atoms with Crippen molar-refractivity contribution in [3.8, 4) is 106 Å². The van der Waals surface area contributed by atoms with Crippen molar-refractivity contribution in [1.29, 1.82) is 0 Å². The molecular weight excluding hydrogens is 1380 g/mol. The number of hydrogen-bond acceptors (Lipinski definition) is 2. The van der Waals surface area contributed by atoms with Crippen molar-refractivity contribution in [2.45, 2.75) is 52.0 Å². The maximum Gasteiger partial charge on any atom is 0.0541 e. The van der Waals surface area contributed by atoms with Gasteiger partial charge in [0.05, 0.1) is 11.0 Å². The van der Waals surface area contributed by atoms with Crippen LogP contribution in [0.3, 0.4) is 0 Å². The lowest BCUT2D eigenvalue weighted by Gasteiger charge is -2.29. The molecule has 0 radical (unpaired) electrons. The molecule has 114 heavy (non-hydrogen) atoms. The number of rotatable bonds is 23. The normalized spacial score (nSPS) is 11.4. The van der Waals surface area contributed by atoms with Crippen LogP contribution in [0.4, 0.5) is 34.1 Å². The maximum atomic E-state index is 2.60. The summed E-state index contributed by atoms with van der Waals surface area (Å²) in [5.74, 6) is 0. The summed E-state index contributed by atoms with van der Waals surface area (Å²) in [4.78, 5) is 4.66. The van der Waals surface area contributed by atoms with E-state index < -0.39 is 0 Å². The largest absolute Gasteiger partial charge is 0.340 e. The van der Waals surface area contributed by atoms with E-state index in [0.717, 1.165) is 108 Å². The third-order valence-electron chi connectivity index (χ3n) is 22.9. The van der Waals surface area contributed by atoms with Crippen LogP contribution >= 0.6 is 0 Å². The second-order valence-electron chi connectivity index (χ2n) is 29.9. The van der Waals surface area contributed by atoms with E-state index in [4.69, 9.17) is 0 Å². The Labute approximate surface area is 668 Å². The third kappa shape index (κ3) is 13.6. The van der Waals surface area contributed by atoms with Crippen molar-refractivity contribution in [3.63, 3.8) is 0 Å². The van der Waals surface area contributed by atoms with E-state index in [1.807, 2.05) is 0 Å². The molecule has 19 aromatic rings. The summed E-state index contributed by atoms with van der Waals surface area (Å²) in [6.45, 7) is 3.27. The molecule has 0 N–H and O–H groups in total. The summed E-state index contributed by atoms with van der Waals surface area (Å²) in [6, 6.07) is 154. The van der Waals surface area contributed by atoms with Gasteiger partial charge in [0.2, 0.25) is 0 Å². The summed E-state index contributed by atoms with van der Waals surface area (Å²) in [5.41, 5.74) is 33.6. The zero-order chi connectivity index (χ0) is 76.1. The molecule has 0 saturated heterocycles. The highest BCUT2D eigenvalue weighted by Crippen LogP contribution is 2.56. The van der Waals surface area contributed by atoms with Crippen LogP contribution in [0.25, 0.3) is 149 Å². The minimum Gasteiger partial charge on any atom is -0.340 e. The SMILES string of the molecule is CCCCCCCCn1c2ccc(-c3ccc(N(c4ccccc4)c4ccccc4)cc3)cc2c2cc(-c3ccc4c(c3)c3cc(-c5ccc(N(c6ccccc6)c6ccccc6)cc5)ccc3n4-c3ccc(-c4c(-c5ccccc5)c(-c5ccccc5)c(-c5ccccc5)c(-c5ccccc5)c4-c4ccccc4)cc3)ccc21. The number of aryl methyl sites for hydroxylation is 1. The first-order valence-corrected chi connectivity index (χ1v) is 40.3. The molecule has 0 atom stereocenters. The number of anilines is 6. The summed E-state index contributed by atoms with van der Waals surface area (Å²) in [6.07, 6.45) is 7.45. The topological polar surface area (TPSA) is 16.3 Å². The van der Waals surface area contributed by atoms with E-state index >= 15 is 0 Å². The molecule has 0 aliphatic carbocycles. The maximum absolute atomic E-state index is 2.60. The van der Waals surface area contributed by atoms with Gasteiger partial charge in [0.1, 0.15) is 0 Å². The number of aromatic nitrogens is 2. The molecule has 2 aromatic heterocycles. The van der Waals surface area contributed by atoms with Crippen LogP contribution in [0.1, 0.15) is 45.4 Å². The van der Waals surface area contributed by atoms with Crippen LogP contribution in [-0.2, 0) is 6.54 Å². The average molecular weight is 1460 g/mol. The van der Waals surface area contributed by atoms with Crippen LogP contribution in [0.15, 0.2) is 419 Å². The summed E-state index contributed by atoms with van der Waals surface area (Å²) >= 11 is 0. The first-order valence-electron chi connectivity index (χ1n) is 40.3. The summed E-state index contributed by atoms with van der Waals surface area (Å²) < 4.78 is 5.10. The van der Waals surface area contributed by atoms with Gasteiger partial charge >= 0.3 is 0 Å². The fraction of sp³-hybridized carbons (Fsp3) is 0.0727. The number of unbranched alkanes of at least 4 members (excludes halogenated alkanes) is 5. The number of nitrogens with zero attached hydrogens (tertiary/aromatic N) is 4. The van der Waals surface area contributed by atoms with E-state index in [0.29, 0.717) is 0 Å². The Balaban J connectivity index is 0.780. The van der Waals surface area contributed by atoms with Crippen molar-refractivity contribution in [2.24, 2.45) is 0 Å². The van der Waals surface area contributed by atoms with Gasteiger partial charge < -0.3 is 18.9 Å². The first-order chi connectivity index (χ1) is 56.6. The molecule has 0 saturated carbocycles. The summed E-state index contributed by atoms with van der Waals surface area (Å²) in [5, 5.41) is 4.91. The second kappa shape index (κ2) is 31.7. The minimum atomic E-state index is 0.969. The van der Waals surface area contributed by atoms with E-state index in [9.17, 15) is 0 Å². The molecule has 0 unspecified atom stereocenters. The number of para-hydroxylation sites is 4. The molecule has 19 rings (SSSR count).